The van der Waals surface area contributed by atoms with E-state index < -0.39 is 5.91 Å². The summed E-state index contributed by atoms with van der Waals surface area (Å²) >= 11 is 0. The molecule has 0 aliphatic carbocycles. The number of ether oxygens (including phenoxy) is 1. The van der Waals surface area contributed by atoms with Gasteiger partial charge in [-0.1, -0.05) is 19.1 Å². The van der Waals surface area contributed by atoms with Gasteiger partial charge in [-0.3, -0.25) is 4.79 Å². The Morgan fingerprint density at radius 3 is 2.72 bits per heavy atom. The number of benzene rings is 1. The van der Waals surface area contributed by atoms with Gasteiger partial charge < -0.3 is 14.9 Å². The monoisotopic (exact) mass is 247 g/mol. The van der Waals surface area contributed by atoms with Crippen LogP contribution in [-0.4, -0.2) is 16.1 Å². The second kappa shape index (κ2) is 5.31. The van der Waals surface area contributed by atoms with Crippen LogP contribution in [0.3, 0.4) is 0 Å². The molecule has 18 heavy (non-hydrogen) atoms. The lowest BCUT2D eigenvalue weighted by atomic mass is 10.2. The van der Waals surface area contributed by atoms with Gasteiger partial charge in [-0.2, -0.15) is 0 Å². The largest absolute Gasteiger partial charge is 0.483 e. The molecule has 2 N–H and O–H groups in total. The minimum atomic E-state index is -0.537. The lowest BCUT2D eigenvalue weighted by molar-refractivity contribution is 0.0995. The van der Waals surface area contributed by atoms with Crippen LogP contribution >= 0.6 is 0 Å². The second-order valence-corrected chi connectivity index (χ2v) is 3.59. The summed E-state index contributed by atoms with van der Waals surface area (Å²) in [6, 6.07) is 6.74. The maximum Gasteiger partial charge on any atom is 0.253 e. The van der Waals surface area contributed by atoms with E-state index >= 15 is 0 Å². The molecule has 0 radical (unpaired) electrons. The van der Waals surface area contributed by atoms with Gasteiger partial charge in [0.05, 0.1) is 5.56 Å². The van der Waals surface area contributed by atoms with Crippen molar-refractivity contribution >= 4 is 5.91 Å². The molecule has 0 atom stereocenters. The van der Waals surface area contributed by atoms with Gasteiger partial charge in [0, 0.05) is 6.42 Å². The SMILES string of the molecule is CCc1nnc(COc2ccccc2C(N)=O)o1. The molecule has 0 unspecified atom stereocenters. The fourth-order valence-electron chi connectivity index (χ4n) is 1.43. The number of hydrogen-bond acceptors (Lipinski definition) is 5. The summed E-state index contributed by atoms with van der Waals surface area (Å²) in [4.78, 5) is 11.2. The van der Waals surface area contributed by atoms with Gasteiger partial charge in [0.15, 0.2) is 6.61 Å². The number of primary amides is 1. The van der Waals surface area contributed by atoms with Gasteiger partial charge in [-0.25, -0.2) is 0 Å². The number of amides is 1. The van der Waals surface area contributed by atoms with Crippen molar-refractivity contribution in [3.05, 3.63) is 41.6 Å². The lowest BCUT2D eigenvalue weighted by Crippen LogP contribution is -2.12. The minimum absolute atomic E-state index is 0.108. The zero-order valence-electron chi connectivity index (χ0n) is 9.92. The zero-order chi connectivity index (χ0) is 13.0. The number of aromatic nitrogens is 2. The van der Waals surface area contributed by atoms with Crippen LogP contribution in [-0.2, 0) is 13.0 Å². The first-order valence-electron chi connectivity index (χ1n) is 5.53. The number of aryl methyl sites for hydroxylation is 1. The first kappa shape index (κ1) is 12.1. The number of carbonyl (C=O) groups excluding carboxylic acids is 1. The van der Waals surface area contributed by atoms with Crippen LogP contribution in [0.1, 0.15) is 29.1 Å². The molecular weight excluding hydrogens is 234 g/mol. The van der Waals surface area contributed by atoms with Crippen molar-refractivity contribution < 1.29 is 13.9 Å². The molecule has 0 saturated heterocycles. The summed E-state index contributed by atoms with van der Waals surface area (Å²) in [6.45, 7) is 2.03. The van der Waals surface area contributed by atoms with E-state index in [1.54, 1.807) is 24.3 Å². The molecule has 0 aliphatic heterocycles. The Hall–Kier alpha value is -2.37. The number of para-hydroxylation sites is 1. The summed E-state index contributed by atoms with van der Waals surface area (Å²) in [5.74, 6) is 0.787. The van der Waals surface area contributed by atoms with E-state index in [4.69, 9.17) is 14.9 Å². The second-order valence-electron chi connectivity index (χ2n) is 3.59. The molecule has 0 saturated carbocycles. The Bertz CT molecular complexity index is 551. The molecule has 0 fully saturated rings. The minimum Gasteiger partial charge on any atom is -0.483 e. The van der Waals surface area contributed by atoms with E-state index in [1.807, 2.05) is 6.92 Å². The number of nitrogens with two attached hydrogens (primary N) is 1. The summed E-state index contributed by atoms with van der Waals surface area (Å²) in [6.07, 6.45) is 0.672. The van der Waals surface area contributed by atoms with Crippen LogP contribution in [0.4, 0.5) is 0 Å². The molecule has 2 rings (SSSR count). The first-order valence-corrected chi connectivity index (χ1v) is 5.53. The van der Waals surface area contributed by atoms with E-state index in [2.05, 4.69) is 10.2 Å². The van der Waals surface area contributed by atoms with Crippen molar-refractivity contribution in [3.63, 3.8) is 0 Å². The van der Waals surface area contributed by atoms with Gasteiger partial charge in [-0.15, -0.1) is 10.2 Å². The molecule has 1 amide bonds. The van der Waals surface area contributed by atoms with Crippen LogP contribution in [0, 0.1) is 0 Å². The maximum atomic E-state index is 11.2. The Balaban J connectivity index is 2.08. The molecule has 2 aromatic rings. The highest BCUT2D eigenvalue weighted by molar-refractivity contribution is 5.95. The average Bonchev–Trinajstić information content (AvgIpc) is 2.84. The van der Waals surface area contributed by atoms with Crippen LogP contribution in [0.5, 0.6) is 5.75 Å². The molecule has 0 bridgehead atoms. The molecule has 94 valence electrons. The van der Waals surface area contributed by atoms with Crippen molar-refractivity contribution in [1.82, 2.24) is 10.2 Å². The molecule has 6 heteroatoms. The van der Waals surface area contributed by atoms with Crippen LogP contribution in [0.25, 0.3) is 0 Å². The number of rotatable bonds is 5. The van der Waals surface area contributed by atoms with Crippen LogP contribution in [0.15, 0.2) is 28.7 Å². The highest BCUT2D eigenvalue weighted by Gasteiger charge is 2.10. The Morgan fingerprint density at radius 1 is 1.33 bits per heavy atom. The molecule has 0 spiro atoms. The fourth-order valence-corrected chi connectivity index (χ4v) is 1.43. The maximum absolute atomic E-state index is 11.2. The molecule has 1 aromatic heterocycles. The summed E-state index contributed by atoms with van der Waals surface area (Å²) in [5, 5.41) is 7.63. The van der Waals surface area contributed by atoms with E-state index in [9.17, 15) is 4.79 Å². The fraction of sp³-hybridized carbons (Fsp3) is 0.250. The topological polar surface area (TPSA) is 91.2 Å². The van der Waals surface area contributed by atoms with Crippen molar-refractivity contribution in [1.29, 1.82) is 0 Å². The van der Waals surface area contributed by atoms with Crippen molar-refractivity contribution in [2.24, 2.45) is 5.73 Å². The highest BCUT2D eigenvalue weighted by Crippen LogP contribution is 2.18. The standard InChI is InChI=1S/C12H13N3O3/c1-2-10-14-15-11(18-10)7-17-9-6-4-3-5-8(9)12(13)16/h3-6H,2,7H2,1H3,(H2,13,16). The third-order valence-electron chi connectivity index (χ3n) is 2.31. The third-order valence-corrected chi connectivity index (χ3v) is 2.31. The summed E-state index contributed by atoms with van der Waals surface area (Å²) in [5.41, 5.74) is 5.57. The molecule has 1 aromatic carbocycles. The Labute approximate surface area is 104 Å². The number of nitrogens with zero attached hydrogens (tertiary/aromatic N) is 2. The van der Waals surface area contributed by atoms with E-state index in [0.29, 0.717) is 29.5 Å². The van der Waals surface area contributed by atoms with Crippen LogP contribution in [0.2, 0.25) is 0 Å². The van der Waals surface area contributed by atoms with Gasteiger partial charge in [0.1, 0.15) is 5.75 Å². The normalized spacial score (nSPS) is 10.3. The predicted molar refractivity (Wildman–Crippen MR) is 63.0 cm³/mol. The van der Waals surface area contributed by atoms with Gasteiger partial charge >= 0.3 is 0 Å². The van der Waals surface area contributed by atoms with Crippen molar-refractivity contribution in [2.45, 2.75) is 20.0 Å². The smallest absolute Gasteiger partial charge is 0.253 e. The van der Waals surface area contributed by atoms with Crippen molar-refractivity contribution in [2.75, 3.05) is 0 Å². The quantitative estimate of drug-likeness (QED) is 0.860. The van der Waals surface area contributed by atoms with Crippen LogP contribution < -0.4 is 10.5 Å². The van der Waals surface area contributed by atoms with Gasteiger partial charge in [0.25, 0.3) is 11.8 Å². The molecule has 0 aliphatic rings. The van der Waals surface area contributed by atoms with Crippen molar-refractivity contribution in [3.8, 4) is 5.75 Å². The Morgan fingerprint density at radius 2 is 2.06 bits per heavy atom. The van der Waals surface area contributed by atoms with E-state index in [-0.39, 0.29) is 6.61 Å². The molecule has 1 heterocycles. The molecular formula is C12H13N3O3. The van der Waals surface area contributed by atoms with Gasteiger partial charge in [0.2, 0.25) is 5.89 Å². The predicted octanol–water partition coefficient (Wildman–Crippen LogP) is 1.31. The van der Waals surface area contributed by atoms with E-state index in [0.717, 1.165) is 0 Å². The number of hydrogen-bond donors (Lipinski definition) is 1. The van der Waals surface area contributed by atoms with Gasteiger partial charge in [-0.05, 0) is 12.1 Å². The molecule has 6 nitrogen and oxygen atoms in total. The average molecular weight is 247 g/mol. The Kier molecular flexibility index (Phi) is 3.57. The third kappa shape index (κ3) is 2.65. The summed E-state index contributed by atoms with van der Waals surface area (Å²) in [7, 11) is 0. The summed E-state index contributed by atoms with van der Waals surface area (Å²) < 4.78 is 10.7. The zero-order valence-corrected chi connectivity index (χ0v) is 9.92. The number of carbonyl (C=O) groups is 1. The lowest BCUT2D eigenvalue weighted by Gasteiger charge is -2.06. The first-order chi connectivity index (χ1) is 8.70. The van der Waals surface area contributed by atoms with E-state index in [1.165, 1.54) is 0 Å². The highest BCUT2D eigenvalue weighted by atomic mass is 16.5.